The first-order chi connectivity index (χ1) is 9.33. The number of hydrogen-bond acceptors (Lipinski definition) is 5. The lowest BCUT2D eigenvalue weighted by molar-refractivity contribution is 0.389. The number of nitrogens with zero attached hydrogens (tertiary/aromatic N) is 3. The first-order valence-corrected chi connectivity index (χ1v) is 7.19. The smallest absolute Gasteiger partial charge is 0.228 e. The third-order valence-electron chi connectivity index (χ3n) is 3.46. The standard InChI is InChI=1S/C14H24N4O/c1-3-10-18(11-12-6-4-5-8-15-12)14-16-9-7-13(17-14)19-2/h7,9,12,15H,3-6,8,10-11H2,1-2H3. The molecule has 2 heterocycles. The van der Waals surface area contributed by atoms with Crippen molar-refractivity contribution in [1.82, 2.24) is 15.3 Å². The molecule has 0 radical (unpaired) electrons. The Balaban J connectivity index is 2.04. The lowest BCUT2D eigenvalue weighted by Gasteiger charge is -2.30. The Morgan fingerprint density at radius 1 is 1.47 bits per heavy atom. The SMILES string of the molecule is CCCN(CC1CCCCN1)c1nccc(OC)n1. The van der Waals surface area contributed by atoms with Gasteiger partial charge in [-0.05, 0) is 25.8 Å². The van der Waals surface area contributed by atoms with Crippen molar-refractivity contribution >= 4 is 5.95 Å². The van der Waals surface area contributed by atoms with Gasteiger partial charge in [-0.25, -0.2) is 4.98 Å². The molecule has 1 aromatic heterocycles. The summed E-state index contributed by atoms with van der Waals surface area (Å²) >= 11 is 0. The van der Waals surface area contributed by atoms with Crippen LogP contribution in [0.5, 0.6) is 5.88 Å². The van der Waals surface area contributed by atoms with Crippen molar-refractivity contribution in [3.8, 4) is 5.88 Å². The van der Waals surface area contributed by atoms with Crippen LogP contribution in [0.4, 0.5) is 5.95 Å². The number of rotatable bonds is 6. The van der Waals surface area contributed by atoms with E-state index >= 15 is 0 Å². The normalized spacial score (nSPS) is 19.2. The molecule has 2 rings (SSSR count). The van der Waals surface area contributed by atoms with Crippen LogP contribution in [0.15, 0.2) is 12.3 Å². The van der Waals surface area contributed by atoms with Gasteiger partial charge in [0.2, 0.25) is 11.8 Å². The van der Waals surface area contributed by atoms with Crippen molar-refractivity contribution < 1.29 is 4.74 Å². The van der Waals surface area contributed by atoms with Gasteiger partial charge in [-0.2, -0.15) is 4.98 Å². The molecule has 1 unspecified atom stereocenters. The molecule has 19 heavy (non-hydrogen) atoms. The molecule has 1 saturated heterocycles. The van der Waals surface area contributed by atoms with Crippen molar-refractivity contribution in [3.63, 3.8) is 0 Å². The van der Waals surface area contributed by atoms with Gasteiger partial charge in [-0.15, -0.1) is 0 Å². The largest absolute Gasteiger partial charge is 0.481 e. The third-order valence-corrected chi connectivity index (χ3v) is 3.46. The number of aromatic nitrogens is 2. The van der Waals surface area contributed by atoms with E-state index in [1.54, 1.807) is 19.4 Å². The Morgan fingerprint density at radius 3 is 3.05 bits per heavy atom. The number of anilines is 1. The van der Waals surface area contributed by atoms with Gasteiger partial charge >= 0.3 is 0 Å². The van der Waals surface area contributed by atoms with Crippen LogP contribution in [-0.2, 0) is 0 Å². The predicted molar refractivity (Wildman–Crippen MR) is 76.7 cm³/mol. The molecule has 1 aliphatic rings. The van der Waals surface area contributed by atoms with Crippen LogP contribution in [0.25, 0.3) is 0 Å². The monoisotopic (exact) mass is 264 g/mol. The average Bonchev–Trinajstić information content (AvgIpc) is 2.48. The molecule has 106 valence electrons. The second-order valence-electron chi connectivity index (χ2n) is 4.99. The molecule has 5 nitrogen and oxygen atoms in total. The molecule has 1 atom stereocenters. The fourth-order valence-electron chi connectivity index (χ4n) is 2.49. The van der Waals surface area contributed by atoms with Gasteiger partial charge in [0, 0.05) is 31.4 Å². The molecule has 1 aromatic rings. The van der Waals surface area contributed by atoms with Crippen molar-refractivity contribution in [1.29, 1.82) is 0 Å². The van der Waals surface area contributed by atoms with E-state index in [9.17, 15) is 0 Å². The molecule has 1 fully saturated rings. The Kier molecular flexibility index (Phi) is 5.39. The number of nitrogens with one attached hydrogen (secondary N) is 1. The zero-order valence-corrected chi connectivity index (χ0v) is 11.9. The highest BCUT2D eigenvalue weighted by molar-refractivity contribution is 5.32. The van der Waals surface area contributed by atoms with Crippen LogP contribution in [0.1, 0.15) is 32.6 Å². The van der Waals surface area contributed by atoms with Gasteiger partial charge in [0.25, 0.3) is 0 Å². The van der Waals surface area contributed by atoms with Crippen LogP contribution in [0.3, 0.4) is 0 Å². The minimum atomic E-state index is 0.551. The lowest BCUT2D eigenvalue weighted by atomic mass is 10.0. The van der Waals surface area contributed by atoms with E-state index in [-0.39, 0.29) is 0 Å². The Bertz CT molecular complexity index is 379. The van der Waals surface area contributed by atoms with Crippen molar-refractivity contribution in [3.05, 3.63) is 12.3 Å². The average molecular weight is 264 g/mol. The topological polar surface area (TPSA) is 50.3 Å². The molecule has 0 aliphatic carbocycles. The van der Waals surface area contributed by atoms with Gasteiger partial charge in [0.1, 0.15) is 0 Å². The summed E-state index contributed by atoms with van der Waals surface area (Å²) < 4.78 is 5.18. The summed E-state index contributed by atoms with van der Waals surface area (Å²) in [4.78, 5) is 11.1. The lowest BCUT2D eigenvalue weighted by Crippen LogP contribution is -2.44. The van der Waals surface area contributed by atoms with Crippen LogP contribution in [0.2, 0.25) is 0 Å². The molecular weight excluding hydrogens is 240 g/mol. The van der Waals surface area contributed by atoms with Crippen LogP contribution in [-0.4, -0.2) is 42.8 Å². The summed E-state index contributed by atoms with van der Waals surface area (Å²) in [6, 6.07) is 2.34. The Morgan fingerprint density at radius 2 is 2.37 bits per heavy atom. The molecular formula is C14H24N4O. The summed E-state index contributed by atoms with van der Waals surface area (Å²) in [6.45, 7) is 5.26. The van der Waals surface area contributed by atoms with Gasteiger partial charge in [0.05, 0.1) is 7.11 Å². The number of ether oxygens (including phenoxy) is 1. The van der Waals surface area contributed by atoms with Crippen LogP contribution in [0, 0.1) is 0 Å². The van der Waals surface area contributed by atoms with E-state index in [2.05, 4.69) is 27.1 Å². The number of hydrogen-bond donors (Lipinski definition) is 1. The van der Waals surface area contributed by atoms with Crippen molar-refractivity contribution in [2.45, 2.75) is 38.6 Å². The summed E-state index contributed by atoms with van der Waals surface area (Å²) in [6.07, 6.45) is 6.70. The maximum absolute atomic E-state index is 5.18. The summed E-state index contributed by atoms with van der Waals surface area (Å²) in [5.74, 6) is 1.40. The van der Waals surface area contributed by atoms with E-state index in [1.807, 2.05) is 0 Å². The molecule has 0 spiro atoms. The minimum absolute atomic E-state index is 0.551. The van der Waals surface area contributed by atoms with Crippen molar-refractivity contribution in [2.75, 3.05) is 31.6 Å². The van der Waals surface area contributed by atoms with Crippen LogP contribution < -0.4 is 15.0 Å². The summed E-state index contributed by atoms with van der Waals surface area (Å²) in [7, 11) is 1.64. The molecule has 0 aromatic carbocycles. The van der Waals surface area contributed by atoms with Crippen LogP contribution >= 0.6 is 0 Å². The van der Waals surface area contributed by atoms with Gasteiger partial charge in [0.15, 0.2) is 0 Å². The second kappa shape index (κ2) is 7.28. The third kappa shape index (κ3) is 4.06. The van der Waals surface area contributed by atoms with Gasteiger partial charge < -0.3 is 15.0 Å². The number of piperidine rings is 1. The molecule has 1 aliphatic heterocycles. The van der Waals surface area contributed by atoms with E-state index in [0.29, 0.717) is 11.9 Å². The zero-order chi connectivity index (χ0) is 13.5. The first-order valence-electron chi connectivity index (χ1n) is 7.19. The second-order valence-corrected chi connectivity index (χ2v) is 4.99. The van der Waals surface area contributed by atoms with E-state index in [1.165, 1.54) is 19.3 Å². The highest BCUT2D eigenvalue weighted by atomic mass is 16.5. The zero-order valence-electron chi connectivity index (χ0n) is 11.9. The Labute approximate surface area is 115 Å². The molecule has 5 heteroatoms. The van der Waals surface area contributed by atoms with E-state index < -0.39 is 0 Å². The summed E-state index contributed by atoms with van der Waals surface area (Å²) in [5.41, 5.74) is 0. The maximum Gasteiger partial charge on any atom is 0.228 e. The first kappa shape index (κ1) is 14.1. The highest BCUT2D eigenvalue weighted by Gasteiger charge is 2.18. The summed E-state index contributed by atoms with van der Waals surface area (Å²) in [5, 5.41) is 3.58. The minimum Gasteiger partial charge on any atom is -0.481 e. The highest BCUT2D eigenvalue weighted by Crippen LogP contribution is 2.15. The quantitative estimate of drug-likeness (QED) is 0.849. The maximum atomic E-state index is 5.18. The molecule has 0 saturated carbocycles. The fourth-order valence-corrected chi connectivity index (χ4v) is 2.49. The van der Waals surface area contributed by atoms with Gasteiger partial charge in [-0.3, -0.25) is 0 Å². The van der Waals surface area contributed by atoms with Crippen molar-refractivity contribution in [2.24, 2.45) is 0 Å². The molecule has 0 bridgehead atoms. The van der Waals surface area contributed by atoms with E-state index in [0.717, 1.165) is 32.0 Å². The predicted octanol–water partition coefficient (Wildman–Crippen LogP) is 1.84. The molecule has 1 N–H and O–H groups in total. The van der Waals surface area contributed by atoms with Gasteiger partial charge in [-0.1, -0.05) is 13.3 Å². The number of methoxy groups -OCH3 is 1. The molecule has 0 amide bonds. The Hall–Kier alpha value is -1.36. The van der Waals surface area contributed by atoms with E-state index in [4.69, 9.17) is 4.74 Å². The fraction of sp³-hybridized carbons (Fsp3) is 0.714.